The number of ketones is 1. The van der Waals surface area contributed by atoms with Crippen LogP contribution in [0.3, 0.4) is 0 Å². The Balaban J connectivity index is 1.95. The van der Waals surface area contributed by atoms with Gasteiger partial charge in [-0.3, -0.25) is 9.59 Å². The summed E-state index contributed by atoms with van der Waals surface area (Å²) in [5.74, 6) is 0.695. The van der Waals surface area contributed by atoms with Crippen LogP contribution in [0.4, 0.5) is 0 Å². The first-order valence-corrected chi connectivity index (χ1v) is 10.0. The third kappa shape index (κ3) is 4.21. The summed E-state index contributed by atoms with van der Waals surface area (Å²) in [7, 11) is 6.15. The number of rotatable bonds is 9. The summed E-state index contributed by atoms with van der Waals surface area (Å²) in [6.45, 7) is 1.61. The standard InChI is InChI=1S/C24H27NO7/c1-14(26)21-22(16-7-9-18(30-3)20(13-16)32-5)25(24(28)23(21)27)11-10-15-6-8-17(29-2)19(12-15)31-4/h6-9,12-13,22,27H,10-11H2,1-5H3/t22-/m1/s1. The van der Waals surface area contributed by atoms with Gasteiger partial charge in [-0.25, -0.2) is 0 Å². The molecule has 0 unspecified atom stereocenters. The first-order chi connectivity index (χ1) is 15.4. The Bertz CT molecular complexity index is 1060. The zero-order valence-corrected chi connectivity index (χ0v) is 18.8. The quantitative estimate of drug-likeness (QED) is 0.638. The van der Waals surface area contributed by atoms with Gasteiger partial charge in [0.15, 0.2) is 34.5 Å². The number of carbonyl (C=O) groups excluding carboxylic acids is 2. The molecule has 1 N–H and O–H groups in total. The lowest BCUT2D eigenvalue weighted by Gasteiger charge is -2.27. The lowest BCUT2D eigenvalue weighted by Crippen LogP contribution is -2.33. The molecule has 2 aromatic rings. The van der Waals surface area contributed by atoms with Crippen LogP contribution in [0.1, 0.15) is 24.1 Å². The number of carbonyl (C=O) groups is 2. The van der Waals surface area contributed by atoms with Crippen LogP contribution in [0.2, 0.25) is 0 Å². The Morgan fingerprint density at radius 1 is 0.906 bits per heavy atom. The van der Waals surface area contributed by atoms with E-state index in [-0.39, 0.29) is 17.9 Å². The van der Waals surface area contributed by atoms with Gasteiger partial charge in [-0.15, -0.1) is 0 Å². The van der Waals surface area contributed by atoms with E-state index in [1.54, 1.807) is 38.5 Å². The molecular formula is C24H27NO7. The van der Waals surface area contributed by atoms with Crippen LogP contribution in [-0.2, 0) is 16.0 Å². The van der Waals surface area contributed by atoms with Gasteiger partial charge in [-0.1, -0.05) is 12.1 Å². The maximum absolute atomic E-state index is 12.9. The molecule has 8 nitrogen and oxygen atoms in total. The molecule has 0 saturated heterocycles. The predicted molar refractivity (Wildman–Crippen MR) is 118 cm³/mol. The zero-order chi connectivity index (χ0) is 23.4. The maximum atomic E-state index is 12.9. The van der Waals surface area contributed by atoms with Crippen molar-refractivity contribution in [2.45, 2.75) is 19.4 Å². The fraction of sp³-hybridized carbons (Fsp3) is 0.333. The van der Waals surface area contributed by atoms with E-state index in [0.717, 1.165) is 5.56 Å². The second-order valence-electron chi connectivity index (χ2n) is 7.27. The van der Waals surface area contributed by atoms with Crippen molar-refractivity contribution in [1.82, 2.24) is 4.90 Å². The molecule has 0 radical (unpaired) electrons. The molecule has 0 bridgehead atoms. The summed E-state index contributed by atoms with van der Waals surface area (Å²) in [6.07, 6.45) is 0.481. The van der Waals surface area contributed by atoms with E-state index >= 15 is 0 Å². The summed E-state index contributed by atoms with van der Waals surface area (Å²) in [4.78, 5) is 26.7. The first-order valence-electron chi connectivity index (χ1n) is 10.0. The van der Waals surface area contributed by atoms with Gasteiger partial charge in [0.25, 0.3) is 5.91 Å². The third-order valence-corrected chi connectivity index (χ3v) is 5.50. The van der Waals surface area contributed by atoms with E-state index in [0.29, 0.717) is 35.0 Å². The second-order valence-corrected chi connectivity index (χ2v) is 7.27. The fourth-order valence-electron chi connectivity index (χ4n) is 3.90. The van der Waals surface area contributed by atoms with Crippen molar-refractivity contribution >= 4 is 11.7 Å². The number of hydrogen-bond acceptors (Lipinski definition) is 7. The molecule has 0 spiro atoms. The van der Waals surface area contributed by atoms with Gasteiger partial charge in [-0.2, -0.15) is 0 Å². The lowest BCUT2D eigenvalue weighted by atomic mass is 9.96. The molecule has 170 valence electrons. The molecule has 1 aliphatic rings. The number of amides is 1. The Kier molecular flexibility index (Phi) is 6.92. The summed E-state index contributed by atoms with van der Waals surface area (Å²) in [5.41, 5.74) is 1.62. The molecule has 1 amide bonds. The Morgan fingerprint density at radius 3 is 2.03 bits per heavy atom. The minimum Gasteiger partial charge on any atom is -0.503 e. The molecule has 2 aromatic carbocycles. The van der Waals surface area contributed by atoms with Crippen LogP contribution in [0, 0.1) is 0 Å². The highest BCUT2D eigenvalue weighted by Gasteiger charge is 2.42. The minimum absolute atomic E-state index is 0.0644. The Hall–Kier alpha value is -3.68. The molecule has 0 fully saturated rings. The van der Waals surface area contributed by atoms with E-state index in [1.807, 2.05) is 12.1 Å². The normalized spacial score (nSPS) is 15.7. The van der Waals surface area contributed by atoms with Crippen LogP contribution < -0.4 is 18.9 Å². The Labute approximate surface area is 187 Å². The first kappa shape index (κ1) is 23.0. The van der Waals surface area contributed by atoms with Gasteiger partial charge in [0.1, 0.15) is 0 Å². The van der Waals surface area contributed by atoms with Crippen LogP contribution in [-0.4, -0.2) is 56.7 Å². The SMILES string of the molecule is COc1ccc(CCN2C(=O)C(O)=C(C(C)=O)[C@H]2c2ccc(OC)c(OC)c2)cc1OC. The lowest BCUT2D eigenvalue weighted by molar-refractivity contribution is -0.129. The van der Waals surface area contributed by atoms with E-state index in [9.17, 15) is 14.7 Å². The van der Waals surface area contributed by atoms with Crippen LogP contribution >= 0.6 is 0 Å². The van der Waals surface area contributed by atoms with Crippen molar-refractivity contribution in [2.75, 3.05) is 35.0 Å². The average molecular weight is 441 g/mol. The fourth-order valence-corrected chi connectivity index (χ4v) is 3.90. The largest absolute Gasteiger partial charge is 0.503 e. The number of benzene rings is 2. The molecule has 0 saturated carbocycles. The molecule has 1 heterocycles. The van der Waals surface area contributed by atoms with Crippen molar-refractivity contribution in [3.05, 3.63) is 58.9 Å². The number of aliphatic hydroxyl groups excluding tert-OH is 1. The topological polar surface area (TPSA) is 94.5 Å². The molecule has 32 heavy (non-hydrogen) atoms. The average Bonchev–Trinajstić information content (AvgIpc) is 3.06. The summed E-state index contributed by atoms with van der Waals surface area (Å²) >= 11 is 0. The van der Waals surface area contributed by atoms with Gasteiger partial charge >= 0.3 is 0 Å². The predicted octanol–water partition coefficient (Wildman–Crippen LogP) is 3.25. The molecule has 0 aliphatic carbocycles. The van der Waals surface area contributed by atoms with Gasteiger partial charge < -0.3 is 29.0 Å². The van der Waals surface area contributed by atoms with E-state index in [1.165, 1.54) is 26.0 Å². The number of Topliss-reactive ketones (excluding diaryl/α,β-unsaturated/α-hetero) is 1. The maximum Gasteiger partial charge on any atom is 0.290 e. The number of nitrogens with zero attached hydrogens (tertiary/aromatic N) is 1. The van der Waals surface area contributed by atoms with Crippen molar-refractivity contribution in [3.63, 3.8) is 0 Å². The van der Waals surface area contributed by atoms with Crippen LogP contribution in [0.15, 0.2) is 47.7 Å². The molecule has 8 heteroatoms. The number of ether oxygens (including phenoxy) is 4. The highest BCUT2D eigenvalue weighted by molar-refractivity contribution is 6.08. The summed E-state index contributed by atoms with van der Waals surface area (Å²) in [5, 5.41) is 10.5. The third-order valence-electron chi connectivity index (χ3n) is 5.50. The molecular weight excluding hydrogens is 414 g/mol. The molecule has 1 atom stereocenters. The van der Waals surface area contributed by atoms with E-state index in [4.69, 9.17) is 18.9 Å². The highest BCUT2D eigenvalue weighted by Crippen LogP contribution is 2.41. The van der Waals surface area contributed by atoms with E-state index < -0.39 is 17.7 Å². The zero-order valence-electron chi connectivity index (χ0n) is 18.8. The van der Waals surface area contributed by atoms with Crippen molar-refractivity contribution in [3.8, 4) is 23.0 Å². The monoisotopic (exact) mass is 441 g/mol. The highest BCUT2D eigenvalue weighted by atomic mass is 16.5. The van der Waals surface area contributed by atoms with Crippen LogP contribution in [0.5, 0.6) is 23.0 Å². The van der Waals surface area contributed by atoms with Crippen LogP contribution in [0.25, 0.3) is 0 Å². The van der Waals surface area contributed by atoms with Gasteiger partial charge in [0.05, 0.1) is 40.1 Å². The summed E-state index contributed by atoms with van der Waals surface area (Å²) < 4.78 is 21.3. The second kappa shape index (κ2) is 9.64. The van der Waals surface area contributed by atoms with E-state index in [2.05, 4.69) is 0 Å². The molecule has 3 rings (SSSR count). The van der Waals surface area contributed by atoms with Gasteiger partial charge in [-0.05, 0) is 48.7 Å². The molecule has 1 aliphatic heterocycles. The number of aliphatic hydroxyl groups is 1. The van der Waals surface area contributed by atoms with Crippen molar-refractivity contribution < 1.29 is 33.6 Å². The van der Waals surface area contributed by atoms with Gasteiger partial charge in [0.2, 0.25) is 0 Å². The van der Waals surface area contributed by atoms with Gasteiger partial charge in [0, 0.05) is 6.54 Å². The summed E-state index contributed by atoms with van der Waals surface area (Å²) in [6, 6.07) is 9.95. The van der Waals surface area contributed by atoms with Crippen molar-refractivity contribution in [1.29, 1.82) is 0 Å². The Morgan fingerprint density at radius 2 is 1.47 bits per heavy atom. The number of hydrogen-bond donors (Lipinski definition) is 1. The smallest absolute Gasteiger partial charge is 0.290 e. The molecule has 0 aromatic heterocycles. The minimum atomic E-state index is -0.736. The number of methoxy groups -OCH3 is 4. The van der Waals surface area contributed by atoms with Crippen molar-refractivity contribution in [2.24, 2.45) is 0 Å².